The number of carbonyl (C=O) groups is 2. The second-order valence-corrected chi connectivity index (χ2v) is 4.59. The van der Waals surface area contributed by atoms with Gasteiger partial charge >= 0.3 is 0 Å². The molecule has 1 aliphatic heterocycles. The highest BCUT2D eigenvalue weighted by Crippen LogP contribution is 2.17. The summed E-state index contributed by atoms with van der Waals surface area (Å²) in [6, 6.07) is 6.27. The minimum atomic E-state index is -0.570. The smallest absolute Gasteiger partial charge is 0.255 e. The molecule has 21 heavy (non-hydrogen) atoms. The van der Waals surface area contributed by atoms with Crippen LogP contribution in [0.25, 0.3) is 0 Å². The van der Waals surface area contributed by atoms with Crippen molar-refractivity contribution < 1.29 is 14.3 Å². The van der Waals surface area contributed by atoms with E-state index in [1.165, 1.54) is 4.90 Å². The van der Waals surface area contributed by atoms with Crippen molar-refractivity contribution in [2.75, 3.05) is 20.2 Å². The summed E-state index contributed by atoms with van der Waals surface area (Å²) in [6.45, 7) is 4.36. The number of benzene rings is 1. The first-order valence-electron chi connectivity index (χ1n) is 6.67. The van der Waals surface area contributed by atoms with Crippen molar-refractivity contribution in [2.45, 2.75) is 6.04 Å². The van der Waals surface area contributed by atoms with Gasteiger partial charge in [-0.2, -0.15) is 0 Å². The Morgan fingerprint density at radius 2 is 2.14 bits per heavy atom. The van der Waals surface area contributed by atoms with Gasteiger partial charge in [0.15, 0.2) is 0 Å². The summed E-state index contributed by atoms with van der Waals surface area (Å²) in [5, 5.41) is 2.71. The van der Waals surface area contributed by atoms with Crippen LogP contribution >= 0.6 is 0 Å². The van der Waals surface area contributed by atoms with Crippen LogP contribution in [0, 0.1) is 0 Å². The second-order valence-electron chi connectivity index (χ2n) is 4.59. The lowest BCUT2D eigenvalue weighted by molar-refractivity contribution is -0.123. The molecule has 1 aromatic carbocycles. The molecule has 5 nitrogen and oxygen atoms in total. The number of ether oxygens (including phenoxy) is 1. The van der Waals surface area contributed by atoms with Gasteiger partial charge in [-0.1, -0.05) is 18.2 Å². The van der Waals surface area contributed by atoms with Gasteiger partial charge in [0.05, 0.1) is 7.11 Å². The first-order chi connectivity index (χ1) is 10.2. The van der Waals surface area contributed by atoms with Gasteiger partial charge in [0.25, 0.3) is 5.91 Å². The van der Waals surface area contributed by atoms with E-state index in [9.17, 15) is 9.59 Å². The fourth-order valence-electron chi connectivity index (χ4n) is 2.14. The lowest BCUT2D eigenvalue weighted by Crippen LogP contribution is -2.46. The zero-order valence-electron chi connectivity index (χ0n) is 11.9. The lowest BCUT2D eigenvalue weighted by atomic mass is 10.1. The summed E-state index contributed by atoms with van der Waals surface area (Å²) in [4.78, 5) is 26.0. The number of hydrogen-bond acceptors (Lipinski definition) is 3. The Morgan fingerprint density at radius 1 is 1.43 bits per heavy atom. The van der Waals surface area contributed by atoms with Crippen LogP contribution in [0.5, 0.6) is 5.75 Å². The third kappa shape index (κ3) is 3.31. The molecule has 0 spiro atoms. The van der Waals surface area contributed by atoms with E-state index in [4.69, 9.17) is 4.74 Å². The number of rotatable bonds is 5. The molecule has 1 aromatic rings. The van der Waals surface area contributed by atoms with Crippen LogP contribution < -0.4 is 10.1 Å². The normalized spacial score (nSPS) is 16.6. The highest BCUT2D eigenvalue weighted by molar-refractivity contribution is 5.99. The van der Waals surface area contributed by atoms with E-state index in [1.807, 2.05) is 6.08 Å². The molecule has 2 rings (SSSR count). The van der Waals surface area contributed by atoms with Crippen molar-refractivity contribution in [1.29, 1.82) is 0 Å². The van der Waals surface area contributed by atoms with Crippen LogP contribution in [0.4, 0.5) is 0 Å². The average molecular weight is 286 g/mol. The Kier molecular flexibility index (Phi) is 4.77. The molecule has 2 amide bonds. The standard InChI is InChI=1S/C16H18N2O3/c1-3-10-17-15(19)14-5-4-11-18(14)16(20)12-6-8-13(21-2)9-7-12/h3-9,14H,1,10-11H2,2H3,(H,17,19)/t14-/m1/s1. The molecule has 1 aliphatic rings. The average Bonchev–Trinajstić information content (AvgIpc) is 3.01. The maximum absolute atomic E-state index is 12.5. The van der Waals surface area contributed by atoms with Gasteiger partial charge in [-0.3, -0.25) is 9.59 Å². The Hall–Kier alpha value is -2.56. The van der Waals surface area contributed by atoms with Gasteiger partial charge in [-0.25, -0.2) is 0 Å². The molecular formula is C16H18N2O3. The fourth-order valence-corrected chi connectivity index (χ4v) is 2.14. The number of nitrogens with one attached hydrogen (secondary N) is 1. The first kappa shape index (κ1) is 14.8. The maximum atomic E-state index is 12.5. The van der Waals surface area contributed by atoms with Gasteiger partial charge in [0.1, 0.15) is 11.8 Å². The number of hydrogen-bond donors (Lipinski definition) is 1. The minimum Gasteiger partial charge on any atom is -0.497 e. The second kappa shape index (κ2) is 6.74. The molecule has 0 bridgehead atoms. The summed E-state index contributed by atoms with van der Waals surface area (Å²) in [5.74, 6) is 0.304. The van der Waals surface area contributed by atoms with Crippen molar-refractivity contribution in [3.63, 3.8) is 0 Å². The topological polar surface area (TPSA) is 58.6 Å². The summed E-state index contributed by atoms with van der Waals surface area (Å²) < 4.78 is 5.07. The maximum Gasteiger partial charge on any atom is 0.255 e. The van der Waals surface area contributed by atoms with Crippen LogP contribution in [0.2, 0.25) is 0 Å². The summed E-state index contributed by atoms with van der Waals surface area (Å²) >= 11 is 0. The van der Waals surface area contributed by atoms with Gasteiger partial charge < -0.3 is 15.0 Å². The van der Waals surface area contributed by atoms with Crippen LogP contribution in [0.1, 0.15) is 10.4 Å². The molecule has 0 aliphatic carbocycles. The van der Waals surface area contributed by atoms with Crippen LogP contribution in [0.3, 0.4) is 0 Å². The molecule has 0 fully saturated rings. The quantitative estimate of drug-likeness (QED) is 0.832. The van der Waals surface area contributed by atoms with E-state index in [1.54, 1.807) is 43.5 Å². The molecule has 1 heterocycles. The monoisotopic (exact) mass is 286 g/mol. The van der Waals surface area contributed by atoms with Crippen LogP contribution in [-0.4, -0.2) is 43.0 Å². The first-order valence-corrected chi connectivity index (χ1v) is 6.67. The number of nitrogens with zero attached hydrogens (tertiary/aromatic N) is 1. The molecule has 0 saturated carbocycles. The molecule has 0 aromatic heterocycles. The fraction of sp³-hybridized carbons (Fsp3) is 0.250. The van der Waals surface area contributed by atoms with E-state index >= 15 is 0 Å². The summed E-state index contributed by atoms with van der Waals surface area (Å²) in [6.07, 6.45) is 5.16. The third-order valence-corrected chi connectivity index (χ3v) is 3.24. The van der Waals surface area contributed by atoms with E-state index in [0.717, 1.165) is 0 Å². The van der Waals surface area contributed by atoms with E-state index in [0.29, 0.717) is 24.4 Å². The molecule has 0 saturated heterocycles. The molecule has 1 atom stereocenters. The van der Waals surface area contributed by atoms with Crippen LogP contribution in [-0.2, 0) is 4.79 Å². The van der Waals surface area contributed by atoms with Gasteiger partial charge in [-0.15, -0.1) is 6.58 Å². The summed E-state index contributed by atoms with van der Waals surface area (Å²) in [7, 11) is 1.57. The predicted octanol–water partition coefficient (Wildman–Crippen LogP) is 1.38. The van der Waals surface area contributed by atoms with Crippen molar-refractivity contribution in [3.8, 4) is 5.75 Å². The van der Waals surface area contributed by atoms with Crippen molar-refractivity contribution >= 4 is 11.8 Å². The Morgan fingerprint density at radius 3 is 2.76 bits per heavy atom. The van der Waals surface area contributed by atoms with Crippen molar-refractivity contribution in [3.05, 3.63) is 54.6 Å². The highest BCUT2D eigenvalue weighted by Gasteiger charge is 2.30. The molecular weight excluding hydrogens is 268 g/mol. The van der Waals surface area contributed by atoms with Crippen molar-refractivity contribution in [1.82, 2.24) is 10.2 Å². The van der Waals surface area contributed by atoms with Gasteiger partial charge in [-0.05, 0) is 24.3 Å². The minimum absolute atomic E-state index is 0.179. The van der Waals surface area contributed by atoms with E-state index in [-0.39, 0.29) is 11.8 Å². The predicted molar refractivity (Wildman–Crippen MR) is 80.2 cm³/mol. The van der Waals surface area contributed by atoms with Gasteiger partial charge in [0.2, 0.25) is 5.91 Å². The number of methoxy groups -OCH3 is 1. The van der Waals surface area contributed by atoms with Crippen LogP contribution in [0.15, 0.2) is 49.1 Å². The Bertz CT molecular complexity index is 563. The number of amides is 2. The zero-order valence-corrected chi connectivity index (χ0v) is 11.9. The SMILES string of the molecule is C=CCNC(=O)[C@H]1C=CCN1C(=O)c1ccc(OC)cc1. The number of carbonyl (C=O) groups excluding carboxylic acids is 2. The van der Waals surface area contributed by atoms with Gasteiger partial charge in [0, 0.05) is 18.7 Å². The largest absolute Gasteiger partial charge is 0.497 e. The van der Waals surface area contributed by atoms with E-state index in [2.05, 4.69) is 11.9 Å². The lowest BCUT2D eigenvalue weighted by Gasteiger charge is -2.23. The molecule has 0 radical (unpaired) electrons. The highest BCUT2D eigenvalue weighted by atomic mass is 16.5. The molecule has 5 heteroatoms. The molecule has 1 N–H and O–H groups in total. The summed E-state index contributed by atoms with van der Waals surface area (Å²) in [5.41, 5.74) is 0.529. The molecule has 0 unspecified atom stereocenters. The molecule has 110 valence electrons. The zero-order chi connectivity index (χ0) is 15.2. The third-order valence-electron chi connectivity index (χ3n) is 3.24. The Balaban J connectivity index is 2.10. The Labute approximate surface area is 123 Å². The van der Waals surface area contributed by atoms with Crippen molar-refractivity contribution in [2.24, 2.45) is 0 Å². The van der Waals surface area contributed by atoms with E-state index < -0.39 is 6.04 Å².